The van der Waals surface area contributed by atoms with E-state index in [1.807, 2.05) is 24.3 Å². The van der Waals surface area contributed by atoms with Crippen molar-refractivity contribution in [2.45, 2.75) is 13.1 Å². The Hall–Kier alpha value is 0.482. The fourth-order valence-electron chi connectivity index (χ4n) is 0.884. The molecule has 1 aromatic rings. The molecule has 0 aliphatic heterocycles. The van der Waals surface area contributed by atoms with Gasteiger partial charge in [0.2, 0.25) is 0 Å². The maximum atomic E-state index is 5.43. The Labute approximate surface area is 101 Å². The van der Waals surface area contributed by atoms with E-state index in [9.17, 15) is 0 Å². The summed E-state index contributed by atoms with van der Waals surface area (Å²) in [4.78, 5) is 0. The molecule has 0 atom stereocenters. The van der Waals surface area contributed by atoms with Crippen LogP contribution in [0.4, 0.5) is 0 Å². The molecule has 2 nitrogen and oxygen atoms in total. The van der Waals surface area contributed by atoms with Crippen LogP contribution in [-0.2, 0) is 13.1 Å². The van der Waals surface area contributed by atoms with Crippen LogP contribution in [0.5, 0.6) is 0 Å². The molecule has 0 saturated heterocycles. The molecule has 0 amide bonds. The first-order valence-electron chi connectivity index (χ1n) is 3.34. The van der Waals surface area contributed by atoms with E-state index in [0.717, 1.165) is 11.1 Å². The molecule has 4 N–H and O–H groups in total. The van der Waals surface area contributed by atoms with Crippen molar-refractivity contribution < 1.29 is 0 Å². The third kappa shape index (κ3) is 4.49. The average molecular weight is 328 g/mol. The standard InChI is InChI=1S/C8H12N2.Ge.Sn/c9-5-7-2-1-3-8(4-7)6-10;;/h1-4H,5-6,9-10H2;;/q;;+4. The summed E-state index contributed by atoms with van der Waals surface area (Å²) in [5.41, 5.74) is 13.1. The second-order valence-electron chi connectivity index (χ2n) is 2.23. The Morgan fingerprint density at radius 1 is 1.00 bits per heavy atom. The zero-order valence-corrected chi connectivity index (χ0v) is 11.8. The van der Waals surface area contributed by atoms with E-state index in [-0.39, 0.29) is 41.5 Å². The molecular formula is C8H12GeN2Sn+4. The van der Waals surface area contributed by atoms with Gasteiger partial charge >= 0.3 is 23.9 Å². The van der Waals surface area contributed by atoms with E-state index in [0.29, 0.717) is 13.1 Å². The zero-order chi connectivity index (χ0) is 7.40. The third-order valence-electron chi connectivity index (χ3n) is 1.46. The second-order valence-corrected chi connectivity index (χ2v) is 2.23. The van der Waals surface area contributed by atoms with E-state index < -0.39 is 0 Å². The molecule has 1 rings (SSSR count). The van der Waals surface area contributed by atoms with Gasteiger partial charge in [0, 0.05) is 30.7 Å². The van der Waals surface area contributed by atoms with E-state index in [1.165, 1.54) is 0 Å². The van der Waals surface area contributed by atoms with Crippen LogP contribution in [0, 0.1) is 0 Å². The van der Waals surface area contributed by atoms with Gasteiger partial charge in [0.05, 0.1) is 0 Å². The summed E-state index contributed by atoms with van der Waals surface area (Å²) in [7, 11) is 0. The molecule has 58 valence electrons. The molecule has 1 aromatic carbocycles. The SMILES string of the molecule is NCc1cccc(CN)c1.[Ge].[Sn+4]. The van der Waals surface area contributed by atoms with E-state index in [1.54, 1.807) is 0 Å². The summed E-state index contributed by atoms with van der Waals surface area (Å²) in [6.45, 7) is 1.18. The monoisotopic (exact) mass is 330 g/mol. The molecule has 0 spiro atoms. The number of hydrogen-bond donors (Lipinski definition) is 2. The minimum absolute atomic E-state index is 0. The molecule has 0 fully saturated rings. The van der Waals surface area contributed by atoms with Crippen LogP contribution in [0.3, 0.4) is 0 Å². The largest absolute Gasteiger partial charge is 4.00 e. The van der Waals surface area contributed by atoms with Gasteiger partial charge in [-0.3, -0.25) is 0 Å². The van der Waals surface area contributed by atoms with Crippen LogP contribution in [0.1, 0.15) is 11.1 Å². The Morgan fingerprint density at radius 2 is 1.42 bits per heavy atom. The predicted octanol–water partition coefficient (Wildman–Crippen LogP) is -0.158. The number of nitrogens with two attached hydrogens (primary N) is 2. The van der Waals surface area contributed by atoms with Crippen molar-refractivity contribution in [3.05, 3.63) is 35.4 Å². The van der Waals surface area contributed by atoms with Crippen molar-refractivity contribution in [1.82, 2.24) is 0 Å². The summed E-state index contributed by atoms with van der Waals surface area (Å²) in [5.74, 6) is 0. The van der Waals surface area contributed by atoms with Gasteiger partial charge in [0.15, 0.2) is 0 Å². The zero-order valence-electron chi connectivity index (χ0n) is 6.88. The molecule has 0 saturated carbocycles. The maximum absolute atomic E-state index is 5.43. The molecule has 12 heavy (non-hydrogen) atoms. The molecular weight excluding hydrogens is 315 g/mol. The molecule has 0 aliphatic carbocycles. The Morgan fingerprint density at radius 3 is 1.75 bits per heavy atom. The number of benzene rings is 1. The van der Waals surface area contributed by atoms with Gasteiger partial charge < -0.3 is 11.5 Å². The van der Waals surface area contributed by atoms with E-state index >= 15 is 0 Å². The van der Waals surface area contributed by atoms with Crippen molar-refractivity contribution >= 4 is 41.5 Å². The Balaban J connectivity index is 0. The van der Waals surface area contributed by atoms with Gasteiger partial charge in [-0.15, -0.1) is 0 Å². The maximum Gasteiger partial charge on any atom is 4.00 e. The minimum atomic E-state index is 0. The van der Waals surface area contributed by atoms with E-state index in [4.69, 9.17) is 11.5 Å². The first-order chi connectivity index (χ1) is 4.86. The van der Waals surface area contributed by atoms with Gasteiger partial charge in [0.25, 0.3) is 0 Å². The van der Waals surface area contributed by atoms with Crippen LogP contribution in [0.2, 0.25) is 0 Å². The summed E-state index contributed by atoms with van der Waals surface area (Å²) in [5, 5.41) is 0. The van der Waals surface area contributed by atoms with Crippen LogP contribution < -0.4 is 11.5 Å². The summed E-state index contributed by atoms with van der Waals surface area (Å²) < 4.78 is 0. The molecule has 0 bridgehead atoms. The molecule has 0 unspecified atom stereocenters. The summed E-state index contributed by atoms with van der Waals surface area (Å²) in [6, 6.07) is 8.00. The van der Waals surface area contributed by atoms with Crippen LogP contribution in [0.15, 0.2) is 24.3 Å². The topological polar surface area (TPSA) is 52.0 Å². The predicted molar refractivity (Wildman–Crippen MR) is 53.7 cm³/mol. The molecule has 4 heteroatoms. The van der Waals surface area contributed by atoms with Crippen LogP contribution in [0.25, 0.3) is 0 Å². The fourth-order valence-corrected chi connectivity index (χ4v) is 0.884. The summed E-state index contributed by atoms with van der Waals surface area (Å²) in [6.07, 6.45) is 0. The normalized spacial score (nSPS) is 8.17. The van der Waals surface area contributed by atoms with Crippen molar-refractivity contribution in [3.63, 3.8) is 0 Å². The minimum Gasteiger partial charge on any atom is -0.326 e. The van der Waals surface area contributed by atoms with Crippen molar-refractivity contribution in [2.75, 3.05) is 0 Å². The first-order valence-corrected chi connectivity index (χ1v) is 3.34. The molecule has 0 heterocycles. The molecule has 0 aromatic heterocycles. The van der Waals surface area contributed by atoms with Crippen molar-refractivity contribution in [3.8, 4) is 0 Å². The van der Waals surface area contributed by atoms with E-state index in [2.05, 4.69) is 0 Å². The number of hydrogen-bond acceptors (Lipinski definition) is 2. The van der Waals surface area contributed by atoms with Gasteiger partial charge in [-0.2, -0.15) is 0 Å². The van der Waals surface area contributed by atoms with Gasteiger partial charge in [-0.1, -0.05) is 24.3 Å². The Kier molecular flexibility index (Phi) is 10.1. The quantitative estimate of drug-likeness (QED) is 0.742. The van der Waals surface area contributed by atoms with Gasteiger partial charge in [0.1, 0.15) is 0 Å². The van der Waals surface area contributed by atoms with Crippen molar-refractivity contribution in [2.24, 2.45) is 11.5 Å². The molecule has 4 radical (unpaired) electrons. The Bertz CT molecular complexity index is 199. The summed E-state index contributed by atoms with van der Waals surface area (Å²) >= 11 is 0. The number of rotatable bonds is 2. The molecule has 0 aliphatic rings. The smallest absolute Gasteiger partial charge is 0.326 e. The average Bonchev–Trinajstić information content (AvgIpc) is 2.05. The van der Waals surface area contributed by atoms with Crippen molar-refractivity contribution in [1.29, 1.82) is 0 Å². The van der Waals surface area contributed by atoms with Gasteiger partial charge in [-0.25, -0.2) is 0 Å². The first kappa shape index (κ1) is 15.0. The fraction of sp³-hybridized carbons (Fsp3) is 0.250. The third-order valence-corrected chi connectivity index (χ3v) is 1.46. The van der Waals surface area contributed by atoms with Crippen LogP contribution in [-0.4, -0.2) is 41.5 Å². The van der Waals surface area contributed by atoms with Crippen LogP contribution >= 0.6 is 0 Å². The van der Waals surface area contributed by atoms with Gasteiger partial charge in [-0.05, 0) is 11.1 Å². The second kappa shape index (κ2) is 8.10.